The fourth-order valence-electron chi connectivity index (χ4n) is 0.625. The number of hydrogen-bond donors (Lipinski definition) is 0. The first-order chi connectivity index (χ1) is 2.50. The van der Waals surface area contributed by atoms with Crippen LogP contribution in [0.2, 0.25) is 0 Å². The van der Waals surface area contributed by atoms with Gasteiger partial charge in [0.2, 0.25) is 0 Å². The van der Waals surface area contributed by atoms with E-state index in [2.05, 4.69) is 0 Å². The van der Waals surface area contributed by atoms with Gasteiger partial charge in [0, 0.05) is 0 Å². The number of rotatable bonds is 0. The predicted octanol–water partition coefficient (Wildman–Crippen LogP) is 0.275. The first kappa shape index (κ1) is 7.23. The molecular weight excluding hydrogens is 198 g/mol. The molecule has 37 valence electrons. The van der Waals surface area contributed by atoms with E-state index in [1.54, 1.807) is 0 Å². The maximum atomic E-state index is 1.53. The third kappa shape index (κ3) is 2.41. The molecule has 1 aliphatic rings. The molecule has 6 heavy (non-hydrogen) atoms. The van der Waals surface area contributed by atoms with Crippen molar-refractivity contribution in [3.8, 4) is 0 Å². The second-order valence-corrected chi connectivity index (χ2v) is 2.96. The van der Waals surface area contributed by atoms with E-state index in [9.17, 15) is 0 Å². The van der Waals surface area contributed by atoms with Gasteiger partial charge in [-0.2, -0.15) is 0 Å². The summed E-state index contributed by atoms with van der Waals surface area (Å²) in [7, 11) is 1.31. The van der Waals surface area contributed by atoms with Gasteiger partial charge in [0.05, 0.1) is 0 Å². The molecule has 0 saturated carbocycles. The molecule has 0 nitrogen and oxygen atoms in total. The summed E-state index contributed by atoms with van der Waals surface area (Å²) in [6.45, 7) is 0. The molecule has 0 spiro atoms. The Labute approximate surface area is 57.8 Å². The standard InChI is InChI=1S/C4H9P.Sn.3H/c1-2-4-5-3-1;;;;/h5H,1-4H2;;;;. The summed E-state index contributed by atoms with van der Waals surface area (Å²) in [4.78, 5) is 0. The topological polar surface area (TPSA) is 0 Å². The van der Waals surface area contributed by atoms with Gasteiger partial charge in [-0.05, 0) is 25.2 Å². The van der Waals surface area contributed by atoms with Gasteiger partial charge in [-0.3, -0.25) is 0 Å². The van der Waals surface area contributed by atoms with E-state index in [4.69, 9.17) is 0 Å². The Bertz CT molecular complexity index is 19.1. The summed E-state index contributed by atoms with van der Waals surface area (Å²) in [5, 5.41) is 0. The summed E-state index contributed by atoms with van der Waals surface area (Å²) < 4.78 is 0. The van der Waals surface area contributed by atoms with Crippen LogP contribution in [0.1, 0.15) is 12.8 Å². The third-order valence-electron chi connectivity index (χ3n) is 0.957. The third-order valence-corrected chi connectivity index (χ3v) is 2.37. The summed E-state index contributed by atoms with van der Waals surface area (Å²) in [5.41, 5.74) is 0. The van der Waals surface area contributed by atoms with E-state index in [1.807, 2.05) is 0 Å². The Morgan fingerprint density at radius 1 is 1.00 bits per heavy atom. The van der Waals surface area contributed by atoms with Crippen LogP contribution in [0, 0.1) is 0 Å². The summed E-state index contributed by atoms with van der Waals surface area (Å²) in [5.74, 6) is 0. The quantitative estimate of drug-likeness (QED) is 0.397. The van der Waals surface area contributed by atoms with Gasteiger partial charge >= 0.3 is 23.9 Å². The van der Waals surface area contributed by atoms with Gasteiger partial charge in [-0.15, -0.1) is 8.58 Å². The molecule has 1 radical (unpaired) electrons. The molecule has 0 aliphatic carbocycles. The van der Waals surface area contributed by atoms with E-state index in [0.717, 1.165) is 0 Å². The molecular formula is C4H12PSn. The average Bonchev–Trinajstić information content (AvgIpc) is 1.76. The van der Waals surface area contributed by atoms with Crippen LogP contribution in [-0.4, -0.2) is 36.2 Å². The van der Waals surface area contributed by atoms with Crippen molar-refractivity contribution in [3.63, 3.8) is 0 Å². The normalized spacial score (nSPS) is 20.0. The number of hydrogen-bond acceptors (Lipinski definition) is 0. The van der Waals surface area contributed by atoms with Gasteiger partial charge in [0.25, 0.3) is 0 Å². The molecule has 1 rings (SSSR count). The van der Waals surface area contributed by atoms with Gasteiger partial charge in [0.1, 0.15) is 0 Å². The van der Waals surface area contributed by atoms with Crippen molar-refractivity contribution in [2.75, 3.05) is 12.3 Å². The van der Waals surface area contributed by atoms with Crippen molar-refractivity contribution in [2.45, 2.75) is 12.8 Å². The fraction of sp³-hybridized carbons (Fsp3) is 1.00. The van der Waals surface area contributed by atoms with Crippen molar-refractivity contribution in [3.05, 3.63) is 0 Å². The zero-order chi connectivity index (χ0) is 3.54. The Kier molecular flexibility index (Phi) is 5.29. The second kappa shape index (κ2) is 4.39. The summed E-state index contributed by atoms with van der Waals surface area (Å²) >= 11 is 0. The molecule has 0 aromatic heterocycles. The van der Waals surface area contributed by atoms with Crippen molar-refractivity contribution in [2.24, 2.45) is 0 Å². The van der Waals surface area contributed by atoms with E-state index in [-0.39, 0.29) is 23.9 Å². The van der Waals surface area contributed by atoms with Crippen LogP contribution < -0.4 is 0 Å². The zero-order valence-electron chi connectivity index (χ0n) is 4.33. The minimum atomic E-state index is 0. The molecule has 0 amide bonds. The Morgan fingerprint density at radius 2 is 1.50 bits per heavy atom. The van der Waals surface area contributed by atoms with E-state index >= 15 is 0 Å². The van der Waals surface area contributed by atoms with Gasteiger partial charge in [0.15, 0.2) is 0 Å². The van der Waals surface area contributed by atoms with Crippen LogP contribution in [-0.2, 0) is 0 Å². The predicted molar refractivity (Wildman–Crippen MR) is 37.2 cm³/mol. The molecule has 1 fully saturated rings. The molecule has 0 N–H and O–H groups in total. The summed E-state index contributed by atoms with van der Waals surface area (Å²) in [6, 6.07) is 0. The molecule has 1 saturated heterocycles. The Hall–Kier alpha value is 1.23. The average molecular weight is 210 g/mol. The van der Waals surface area contributed by atoms with E-state index in [0.29, 0.717) is 0 Å². The molecule has 0 aromatic rings. The SMILES string of the molecule is C1CCPC1.[SnH3]. The van der Waals surface area contributed by atoms with Crippen LogP contribution >= 0.6 is 8.58 Å². The van der Waals surface area contributed by atoms with Crippen LogP contribution in [0.4, 0.5) is 0 Å². The monoisotopic (exact) mass is 211 g/mol. The van der Waals surface area contributed by atoms with Crippen molar-refractivity contribution >= 4 is 32.5 Å². The zero-order valence-corrected chi connectivity index (χ0v) is 11.0. The molecule has 1 heterocycles. The molecule has 0 atom stereocenters. The van der Waals surface area contributed by atoms with Crippen molar-refractivity contribution in [1.29, 1.82) is 0 Å². The minimum absolute atomic E-state index is 0. The van der Waals surface area contributed by atoms with Crippen LogP contribution in [0.15, 0.2) is 0 Å². The Morgan fingerprint density at radius 3 is 1.67 bits per heavy atom. The maximum absolute atomic E-state index is 1.53. The van der Waals surface area contributed by atoms with Gasteiger partial charge in [-0.1, -0.05) is 0 Å². The van der Waals surface area contributed by atoms with Crippen LogP contribution in [0.5, 0.6) is 0 Å². The van der Waals surface area contributed by atoms with Crippen molar-refractivity contribution in [1.82, 2.24) is 0 Å². The first-order valence-electron chi connectivity index (χ1n) is 2.21. The van der Waals surface area contributed by atoms with Gasteiger partial charge in [-0.25, -0.2) is 0 Å². The van der Waals surface area contributed by atoms with Crippen LogP contribution in [0.25, 0.3) is 0 Å². The van der Waals surface area contributed by atoms with Crippen LogP contribution in [0.3, 0.4) is 0 Å². The summed E-state index contributed by atoms with van der Waals surface area (Å²) in [6.07, 6.45) is 6.08. The van der Waals surface area contributed by atoms with E-state index < -0.39 is 0 Å². The first-order valence-corrected chi connectivity index (χ1v) is 3.62. The Balaban J connectivity index is 0.000000250. The van der Waals surface area contributed by atoms with E-state index in [1.165, 1.54) is 33.7 Å². The van der Waals surface area contributed by atoms with Crippen molar-refractivity contribution < 1.29 is 0 Å². The second-order valence-electron chi connectivity index (χ2n) is 1.46. The molecule has 1 aliphatic heterocycles. The molecule has 0 bridgehead atoms. The molecule has 2 heteroatoms. The fourth-order valence-corrected chi connectivity index (χ4v) is 1.87. The van der Waals surface area contributed by atoms with Gasteiger partial charge < -0.3 is 0 Å². The molecule has 0 aromatic carbocycles. The molecule has 0 unspecified atom stereocenters.